The molecule has 0 spiro atoms. The fourth-order valence-electron chi connectivity index (χ4n) is 5.15. The van der Waals surface area contributed by atoms with Crippen molar-refractivity contribution in [2.24, 2.45) is 5.92 Å². The van der Waals surface area contributed by atoms with Gasteiger partial charge in [0.1, 0.15) is 5.82 Å². The Bertz CT molecular complexity index is 802. The molecule has 1 aromatic heterocycles. The van der Waals surface area contributed by atoms with Crippen LogP contribution in [0.1, 0.15) is 56.7 Å². The van der Waals surface area contributed by atoms with E-state index in [1.807, 2.05) is 13.0 Å². The topological polar surface area (TPSA) is 84.3 Å². The minimum atomic E-state index is -3.00. The first-order valence-corrected chi connectivity index (χ1v) is 12.0. The molecular formula is C19H30N4O3S. The van der Waals surface area contributed by atoms with Gasteiger partial charge in [0.15, 0.2) is 9.84 Å². The van der Waals surface area contributed by atoms with Gasteiger partial charge < -0.3 is 5.32 Å². The number of rotatable bonds is 4. The highest BCUT2D eigenvalue weighted by atomic mass is 32.2. The Balaban J connectivity index is 1.42. The molecule has 3 atom stereocenters. The van der Waals surface area contributed by atoms with E-state index in [-0.39, 0.29) is 23.5 Å². The highest BCUT2D eigenvalue weighted by molar-refractivity contribution is 7.91. The average Bonchev–Trinajstić information content (AvgIpc) is 3.17. The molecule has 1 saturated carbocycles. The molecule has 0 aromatic carbocycles. The second-order valence-corrected chi connectivity index (χ2v) is 10.7. The Kier molecular flexibility index (Phi) is 5.29. The van der Waals surface area contributed by atoms with E-state index in [1.54, 1.807) is 4.68 Å². The van der Waals surface area contributed by atoms with E-state index < -0.39 is 9.84 Å². The van der Waals surface area contributed by atoms with Crippen LogP contribution in [0, 0.1) is 12.8 Å². The molecule has 8 heteroatoms. The van der Waals surface area contributed by atoms with Crippen LogP contribution in [0.15, 0.2) is 6.07 Å². The summed E-state index contributed by atoms with van der Waals surface area (Å²) in [5.41, 5.74) is 0.792. The van der Waals surface area contributed by atoms with Crippen LogP contribution in [-0.2, 0) is 14.6 Å². The van der Waals surface area contributed by atoms with Crippen LogP contribution in [0.3, 0.4) is 0 Å². The number of fused-ring (bicyclic) bond motifs is 1. The Morgan fingerprint density at radius 2 is 2.00 bits per heavy atom. The zero-order chi connectivity index (χ0) is 19.0. The molecule has 27 heavy (non-hydrogen) atoms. The van der Waals surface area contributed by atoms with Gasteiger partial charge in [-0.2, -0.15) is 5.10 Å². The molecule has 150 valence electrons. The number of amides is 1. The summed E-state index contributed by atoms with van der Waals surface area (Å²) < 4.78 is 25.3. The van der Waals surface area contributed by atoms with Crippen molar-refractivity contribution in [3.63, 3.8) is 0 Å². The van der Waals surface area contributed by atoms with E-state index in [0.717, 1.165) is 18.2 Å². The number of hydrogen-bond acceptors (Lipinski definition) is 5. The number of carbonyl (C=O) groups is 1. The van der Waals surface area contributed by atoms with E-state index in [4.69, 9.17) is 0 Å². The van der Waals surface area contributed by atoms with Gasteiger partial charge in [-0.1, -0.05) is 12.8 Å². The first kappa shape index (κ1) is 18.9. The molecule has 1 aromatic rings. The number of nitrogens with one attached hydrogen (secondary N) is 1. The summed E-state index contributed by atoms with van der Waals surface area (Å²) >= 11 is 0. The number of sulfone groups is 1. The van der Waals surface area contributed by atoms with Crippen molar-refractivity contribution in [1.29, 1.82) is 0 Å². The zero-order valence-electron chi connectivity index (χ0n) is 16.1. The quantitative estimate of drug-likeness (QED) is 0.846. The third kappa shape index (κ3) is 4.21. The largest absolute Gasteiger partial charge is 0.310 e. The molecule has 3 fully saturated rings. The summed E-state index contributed by atoms with van der Waals surface area (Å²) in [4.78, 5) is 15.1. The van der Waals surface area contributed by atoms with Gasteiger partial charge in [0.05, 0.1) is 29.8 Å². The SMILES string of the molecule is Cc1cc(NC(=O)CN2CCCC3CCCCC32)n(C2CCS(=O)(=O)C2)n1. The van der Waals surface area contributed by atoms with Gasteiger partial charge >= 0.3 is 0 Å². The molecule has 2 saturated heterocycles. The highest BCUT2D eigenvalue weighted by Crippen LogP contribution is 2.35. The van der Waals surface area contributed by atoms with Crippen molar-refractivity contribution >= 4 is 21.6 Å². The van der Waals surface area contributed by atoms with Gasteiger partial charge in [-0.3, -0.25) is 9.69 Å². The maximum atomic E-state index is 12.7. The Morgan fingerprint density at radius 1 is 1.22 bits per heavy atom. The van der Waals surface area contributed by atoms with Crippen LogP contribution < -0.4 is 5.32 Å². The third-order valence-electron chi connectivity index (χ3n) is 6.38. The predicted octanol–water partition coefficient (Wildman–Crippen LogP) is 2.14. The highest BCUT2D eigenvalue weighted by Gasteiger charge is 2.34. The Morgan fingerprint density at radius 3 is 2.78 bits per heavy atom. The minimum Gasteiger partial charge on any atom is -0.310 e. The fourth-order valence-corrected chi connectivity index (χ4v) is 6.84. The summed E-state index contributed by atoms with van der Waals surface area (Å²) in [5.74, 6) is 1.64. The fraction of sp³-hybridized carbons (Fsp3) is 0.789. The van der Waals surface area contributed by atoms with Crippen LogP contribution in [0.5, 0.6) is 0 Å². The van der Waals surface area contributed by atoms with E-state index in [9.17, 15) is 13.2 Å². The summed E-state index contributed by atoms with van der Waals surface area (Å²) in [6.07, 6.45) is 8.11. The standard InChI is InChI=1S/C19H30N4O3S/c1-14-11-18(23(21-14)16-8-10-27(25,26)13-16)20-19(24)12-22-9-4-6-15-5-2-3-7-17(15)22/h11,15-17H,2-10,12-13H2,1H3,(H,20,24). The van der Waals surface area contributed by atoms with Crippen molar-refractivity contribution in [2.45, 2.75) is 64.0 Å². The number of carbonyl (C=O) groups excluding carboxylic acids is 1. The van der Waals surface area contributed by atoms with E-state index in [2.05, 4.69) is 15.3 Å². The molecular weight excluding hydrogens is 364 g/mol. The lowest BCUT2D eigenvalue weighted by Crippen LogP contribution is -2.49. The molecule has 1 amide bonds. The number of anilines is 1. The van der Waals surface area contributed by atoms with Crippen molar-refractivity contribution < 1.29 is 13.2 Å². The molecule has 3 aliphatic rings. The summed E-state index contributed by atoms with van der Waals surface area (Å²) in [6, 6.07) is 2.20. The van der Waals surface area contributed by atoms with Gasteiger partial charge in [-0.25, -0.2) is 13.1 Å². The van der Waals surface area contributed by atoms with Crippen LogP contribution >= 0.6 is 0 Å². The van der Waals surface area contributed by atoms with E-state index in [0.29, 0.717) is 24.8 Å². The summed E-state index contributed by atoms with van der Waals surface area (Å²) in [6.45, 7) is 3.27. The van der Waals surface area contributed by atoms with Crippen molar-refractivity contribution in [3.8, 4) is 0 Å². The number of hydrogen-bond donors (Lipinski definition) is 1. The third-order valence-corrected chi connectivity index (χ3v) is 8.13. The number of aromatic nitrogens is 2. The van der Waals surface area contributed by atoms with Crippen LogP contribution in [-0.4, -0.2) is 59.6 Å². The molecule has 3 unspecified atom stereocenters. The summed E-state index contributed by atoms with van der Waals surface area (Å²) in [5, 5.41) is 7.45. The lowest BCUT2D eigenvalue weighted by molar-refractivity contribution is -0.119. The van der Waals surface area contributed by atoms with E-state index in [1.165, 1.54) is 38.5 Å². The van der Waals surface area contributed by atoms with Crippen LogP contribution in [0.2, 0.25) is 0 Å². The number of piperidine rings is 1. The monoisotopic (exact) mass is 394 g/mol. The molecule has 3 heterocycles. The molecule has 1 aliphatic carbocycles. The van der Waals surface area contributed by atoms with Gasteiger partial charge in [0.2, 0.25) is 5.91 Å². The minimum absolute atomic E-state index is 0.0248. The Hall–Kier alpha value is -1.41. The lowest BCUT2D eigenvalue weighted by Gasteiger charge is -2.43. The molecule has 4 rings (SSSR count). The smallest absolute Gasteiger partial charge is 0.239 e. The molecule has 2 aliphatic heterocycles. The van der Waals surface area contributed by atoms with Crippen LogP contribution in [0.25, 0.3) is 0 Å². The normalized spacial score (nSPS) is 30.8. The molecule has 1 N–H and O–H groups in total. The summed E-state index contributed by atoms with van der Waals surface area (Å²) in [7, 11) is -3.00. The molecule has 0 radical (unpaired) electrons. The van der Waals surface area contributed by atoms with Crippen molar-refractivity contribution in [1.82, 2.24) is 14.7 Å². The second kappa shape index (κ2) is 7.54. The maximum absolute atomic E-state index is 12.7. The second-order valence-electron chi connectivity index (χ2n) is 8.45. The number of aryl methyl sites for hydroxylation is 1. The van der Waals surface area contributed by atoms with Gasteiger partial charge in [-0.05, 0) is 51.5 Å². The van der Waals surface area contributed by atoms with E-state index >= 15 is 0 Å². The number of nitrogens with zero attached hydrogens (tertiary/aromatic N) is 3. The Labute approximate surface area is 161 Å². The number of likely N-dealkylation sites (tertiary alicyclic amines) is 1. The molecule has 0 bridgehead atoms. The average molecular weight is 395 g/mol. The zero-order valence-corrected chi connectivity index (χ0v) is 16.9. The first-order chi connectivity index (χ1) is 12.9. The maximum Gasteiger partial charge on any atom is 0.239 e. The van der Waals surface area contributed by atoms with Gasteiger partial charge in [-0.15, -0.1) is 0 Å². The van der Waals surface area contributed by atoms with Crippen LogP contribution in [0.4, 0.5) is 5.82 Å². The van der Waals surface area contributed by atoms with Crippen molar-refractivity contribution in [3.05, 3.63) is 11.8 Å². The molecule has 7 nitrogen and oxygen atoms in total. The van der Waals surface area contributed by atoms with Gasteiger partial charge in [0, 0.05) is 12.1 Å². The van der Waals surface area contributed by atoms with Crippen molar-refractivity contribution in [2.75, 3.05) is 29.9 Å². The first-order valence-electron chi connectivity index (χ1n) is 10.2. The predicted molar refractivity (Wildman–Crippen MR) is 104 cm³/mol. The lowest BCUT2D eigenvalue weighted by atomic mass is 9.78. The van der Waals surface area contributed by atoms with Gasteiger partial charge in [0.25, 0.3) is 0 Å².